The fourth-order valence-corrected chi connectivity index (χ4v) is 1.64. The van der Waals surface area contributed by atoms with E-state index in [9.17, 15) is 8.78 Å². The average molecular weight is 207 g/mol. The molecule has 1 fully saturated rings. The third-order valence-corrected chi connectivity index (χ3v) is 2.38. The summed E-state index contributed by atoms with van der Waals surface area (Å²) in [5.74, 6) is 0. The molecule has 1 heterocycles. The van der Waals surface area contributed by atoms with Crippen LogP contribution in [0.15, 0.2) is 0 Å². The van der Waals surface area contributed by atoms with Crippen LogP contribution in [0.3, 0.4) is 0 Å². The van der Waals surface area contributed by atoms with Crippen LogP contribution in [-0.2, 0) is 4.74 Å². The standard InChI is InChI=1S/C10H19F2NO/c1-10(2,3)14-7-8-5-4-6-13(8)9(11)12/h8-9H,4-7H2,1-3H3/t8-/m1/s1. The Kier molecular flexibility index (Phi) is 3.84. The van der Waals surface area contributed by atoms with E-state index in [1.165, 1.54) is 4.90 Å². The first-order valence-corrected chi connectivity index (χ1v) is 5.08. The summed E-state index contributed by atoms with van der Waals surface area (Å²) in [4.78, 5) is 1.23. The molecule has 2 nitrogen and oxygen atoms in total. The molecule has 0 spiro atoms. The van der Waals surface area contributed by atoms with Crippen LogP contribution >= 0.6 is 0 Å². The minimum absolute atomic E-state index is 0.103. The van der Waals surface area contributed by atoms with Crippen LogP contribution in [0.5, 0.6) is 0 Å². The highest BCUT2D eigenvalue weighted by atomic mass is 19.3. The summed E-state index contributed by atoms with van der Waals surface area (Å²) in [5, 5.41) is 0. The maximum Gasteiger partial charge on any atom is 0.295 e. The molecule has 0 bridgehead atoms. The van der Waals surface area contributed by atoms with Crippen molar-refractivity contribution in [3.63, 3.8) is 0 Å². The van der Waals surface area contributed by atoms with Crippen LogP contribution in [0, 0.1) is 0 Å². The molecule has 1 atom stereocenters. The Balaban J connectivity index is 2.36. The zero-order valence-electron chi connectivity index (χ0n) is 9.09. The molecule has 0 aromatic rings. The van der Waals surface area contributed by atoms with E-state index in [1.54, 1.807) is 0 Å². The van der Waals surface area contributed by atoms with E-state index in [0.29, 0.717) is 13.2 Å². The lowest BCUT2D eigenvalue weighted by Gasteiger charge is -2.27. The number of halogens is 2. The van der Waals surface area contributed by atoms with Crippen molar-refractivity contribution < 1.29 is 13.5 Å². The highest BCUT2D eigenvalue weighted by molar-refractivity contribution is 4.79. The molecular weight excluding hydrogens is 188 g/mol. The first kappa shape index (κ1) is 11.9. The molecule has 1 aliphatic heterocycles. The number of rotatable bonds is 3. The van der Waals surface area contributed by atoms with Gasteiger partial charge in [0.15, 0.2) is 0 Å². The second kappa shape index (κ2) is 4.53. The van der Waals surface area contributed by atoms with Crippen LogP contribution in [-0.4, -0.2) is 36.2 Å². The van der Waals surface area contributed by atoms with Crippen LogP contribution < -0.4 is 0 Å². The van der Waals surface area contributed by atoms with E-state index in [2.05, 4.69) is 0 Å². The van der Waals surface area contributed by atoms with Crippen molar-refractivity contribution in [2.75, 3.05) is 13.2 Å². The summed E-state index contributed by atoms with van der Waals surface area (Å²) >= 11 is 0. The SMILES string of the molecule is CC(C)(C)OC[C@H]1CCCN1C(F)F. The van der Waals surface area contributed by atoms with Gasteiger partial charge in [-0.1, -0.05) is 0 Å². The Hall–Kier alpha value is -0.220. The van der Waals surface area contributed by atoms with Gasteiger partial charge in [-0.25, -0.2) is 4.90 Å². The highest BCUT2D eigenvalue weighted by Crippen LogP contribution is 2.23. The van der Waals surface area contributed by atoms with Gasteiger partial charge in [0.05, 0.1) is 12.2 Å². The third kappa shape index (κ3) is 3.50. The molecule has 1 rings (SSSR count). The van der Waals surface area contributed by atoms with Crippen molar-refractivity contribution in [2.45, 2.75) is 51.8 Å². The molecule has 0 aliphatic carbocycles. The van der Waals surface area contributed by atoms with Gasteiger partial charge < -0.3 is 4.74 Å². The quantitative estimate of drug-likeness (QED) is 0.659. The van der Waals surface area contributed by atoms with Crippen molar-refractivity contribution in [3.8, 4) is 0 Å². The predicted octanol–water partition coefficient (Wildman–Crippen LogP) is 2.49. The van der Waals surface area contributed by atoms with Gasteiger partial charge >= 0.3 is 0 Å². The number of hydrogen-bond donors (Lipinski definition) is 0. The maximum absolute atomic E-state index is 12.5. The Morgan fingerprint density at radius 3 is 2.57 bits per heavy atom. The lowest BCUT2D eigenvalue weighted by molar-refractivity contribution is -0.0803. The largest absolute Gasteiger partial charge is 0.374 e. The average Bonchev–Trinajstić information content (AvgIpc) is 2.46. The van der Waals surface area contributed by atoms with Crippen LogP contribution in [0.25, 0.3) is 0 Å². The molecule has 0 aromatic heterocycles. The van der Waals surface area contributed by atoms with Gasteiger partial charge in [0, 0.05) is 12.6 Å². The van der Waals surface area contributed by atoms with Gasteiger partial charge in [-0.05, 0) is 33.6 Å². The molecule has 14 heavy (non-hydrogen) atoms. The number of hydrogen-bond acceptors (Lipinski definition) is 2. The van der Waals surface area contributed by atoms with Crippen LogP contribution in [0.4, 0.5) is 8.78 Å². The topological polar surface area (TPSA) is 12.5 Å². The number of nitrogens with zero attached hydrogens (tertiary/aromatic N) is 1. The fourth-order valence-electron chi connectivity index (χ4n) is 1.64. The molecule has 0 saturated carbocycles. The van der Waals surface area contributed by atoms with E-state index in [1.807, 2.05) is 20.8 Å². The monoisotopic (exact) mass is 207 g/mol. The molecule has 0 aromatic carbocycles. The molecule has 0 N–H and O–H groups in total. The number of alkyl halides is 2. The molecule has 0 radical (unpaired) electrons. The number of ether oxygens (including phenoxy) is 1. The van der Waals surface area contributed by atoms with E-state index in [-0.39, 0.29) is 11.6 Å². The van der Waals surface area contributed by atoms with Crippen LogP contribution in [0.1, 0.15) is 33.6 Å². The highest BCUT2D eigenvalue weighted by Gasteiger charge is 2.31. The third-order valence-electron chi connectivity index (χ3n) is 2.38. The summed E-state index contributed by atoms with van der Waals surface area (Å²) in [6, 6.07) is -0.103. The molecule has 1 aliphatic rings. The van der Waals surface area contributed by atoms with Crippen molar-refractivity contribution in [3.05, 3.63) is 0 Å². The maximum atomic E-state index is 12.5. The molecule has 0 unspecified atom stereocenters. The van der Waals surface area contributed by atoms with Gasteiger partial charge in [0.25, 0.3) is 6.55 Å². The number of likely N-dealkylation sites (tertiary alicyclic amines) is 1. The molecule has 0 amide bonds. The van der Waals surface area contributed by atoms with E-state index in [0.717, 1.165) is 12.8 Å². The van der Waals surface area contributed by atoms with Gasteiger partial charge in [-0.2, -0.15) is 8.78 Å². The minimum atomic E-state index is -2.34. The lowest BCUT2D eigenvalue weighted by atomic mass is 10.2. The molecule has 4 heteroatoms. The van der Waals surface area contributed by atoms with Gasteiger partial charge in [-0.15, -0.1) is 0 Å². The normalized spacial score (nSPS) is 24.9. The van der Waals surface area contributed by atoms with E-state index < -0.39 is 6.55 Å². The second-order valence-electron chi connectivity index (χ2n) is 4.73. The van der Waals surface area contributed by atoms with E-state index in [4.69, 9.17) is 4.74 Å². The summed E-state index contributed by atoms with van der Waals surface area (Å²) < 4.78 is 30.5. The second-order valence-corrected chi connectivity index (χ2v) is 4.73. The zero-order chi connectivity index (χ0) is 10.8. The molecule has 1 saturated heterocycles. The lowest BCUT2D eigenvalue weighted by Crippen LogP contribution is -2.39. The van der Waals surface area contributed by atoms with Crippen molar-refractivity contribution >= 4 is 0 Å². The predicted molar refractivity (Wildman–Crippen MR) is 51.4 cm³/mol. The smallest absolute Gasteiger partial charge is 0.295 e. The van der Waals surface area contributed by atoms with Gasteiger partial charge in [-0.3, -0.25) is 0 Å². The Morgan fingerprint density at radius 1 is 1.43 bits per heavy atom. The first-order valence-electron chi connectivity index (χ1n) is 5.08. The summed E-state index contributed by atoms with van der Waals surface area (Å²) in [6.45, 7) is 4.38. The zero-order valence-corrected chi connectivity index (χ0v) is 9.09. The summed E-state index contributed by atoms with van der Waals surface area (Å²) in [7, 11) is 0. The van der Waals surface area contributed by atoms with Gasteiger partial charge in [0.2, 0.25) is 0 Å². The first-order chi connectivity index (χ1) is 6.40. The van der Waals surface area contributed by atoms with Gasteiger partial charge in [0.1, 0.15) is 0 Å². The Labute approximate surface area is 84.2 Å². The Bertz CT molecular complexity index is 179. The van der Waals surface area contributed by atoms with Crippen molar-refractivity contribution in [2.24, 2.45) is 0 Å². The van der Waals surface area contributed by atoms with E-state index >= 15 is 0 Å². The summed E-state index contributed by atoms with van der Waals surface area (Å²) in [6.07, 6.45) is 1.67. The van der Waals surface area contributed by atoms with Crippen molar-refractivity contribution in [1.82, 2.24) is 4.90 Å². The minimum Gasteiger partial charge on any atom is -0.374 e. The van der Waals surface area contributed by atoms with Crippen LogP contribution in [0.2, 0.25) is 0 Å². The molecule has 84 valence electrons. The molecular formula is C10H19F2NO. The fraction of sp³-hybridized carbons (Fsp3) is 1.00. The Morgan fingerprint density at radius 2 is 2.07 bits per heavy atom. The van der Waals surface area contributed by atoms with Crippen molar-refractivity contribution in [1.29, 1.82) is 0 Å². The summed E-state index contributed by atoms with van der Waals surface area (Å²) in [5.41, 5.74) is -0.240.